The summed E-state index contributed by atoms with van der Waals surface area (Å²) in [5.41, 5.74) is 2.98. The highest BCUT2D eigenvalue weighted by atomic mass is 16.7. The van der Waals surface area contributed by atoms with Crippen LogP contribution in [0.3, 0.4) is 0 Å². The smallest absolute Gasteiger partial charge is 0.186 e. The van der Waals surface area contributed by atoms with Crippen LogP contribution in [0.1, 0.15) is 23.1 Å². The summed E-state index contributed by atoms with van der Waals surface area (Å²) in [4.78, 5) is 0. The van der Waals surface area contributed by atoms with E-state index in [0.29, 0.717) is 19.8 Å². The van der Waals surface area contributed by atoms with Crippen molar-refractivity contribution in [1.82, 2.24) is 0 Å². The second kappa shape index (κ2) is 14.4. The van der Waals surface area contributed by atoms with E-state index in [2.05, 4.69) is 0 Å². The molecular formula is C30H36O7. The zero-order valence-electron chi connectivity index (χ0n) is 21.1. The molecule has 198 valence electrons. The highest BCUT2D eigenvalue weighted by molar-refractivity contribution is 5.15. The molecule has 0 aromatic heterocycles. The Morgan fingerprint density at radius 3 is 1.54 bits per heavy atom. The van der Waals surface area contributed by atoms with Crippen LogP contribution in [0.2, 0.25) is 0 Å². The van der Waals surface area contributed by atoms with Gasteiger partial charge in [-0.3, -0.25) is 0 Å². The number of methoxy groups -OCH3 is 1. The van der Waals surface area contributed by atoms with Crippen molar-refractivity contribution in [1.29, 1.82) is 0 Å². The van der Waals surface area contributed by atoms with Crippen molar-refractivity contribution in [2.75, 3.05) is 13.7 Å². The van der Waals surface area contributed by atoms with Crippen LogP contribution >= 0.6 is 0 Å². The molecule has 0 amide bonds. The third-order valence-corrected chi connectivity index (χ3v) is 6.42. The first-order valence-corrected chi connectivity index (χ1v) is 12.6. The summed E-state index contributed by atoms with van der Waals surface area (Å²) < 4.78 is 31.1. The van der Waals surface area contributed by atoms with E-state index in [1.165, 1.54) is 0 Å². The largest absolute Gasteiger partial charge is 0.396 e. The van der Waals surface area contributed by atoms with Crippen molar-refractivity contribution in [3.05, 3.63) is 108 Å². The summed E-state index contributed by atoms with van der Waals surface area (Å²) >= 11 is 0. The molecule has 7 heteroatoms. The summed E-state index contributed by atoms with van der Waals surface area (Å²) in [6.07, 6.45) is -4.39. The molecule has 7 nitrogen and oxygen atoms in total. The van der Waals surface area contributed by atoms with Gasteiger partial charge in [-0.1, -0.05) is 91.0 Å². The summed E-state index contributed by atoms with van der Waals surface area (Å²) in [6.45, 7) is 0.759. The van der Waals surface area contributed by atoms with Crippen LogP contribution < -0.4 is 0 Å². The lowest BCUT2D eigenvalue weighted by atomic mass is 9.93. The maximum Gasteiger partial charge on any atom is 0.186 e. The molecule has 1 fully saturated rings. The fraction of sp³-hybridized carbons (Fsp3) is 0.400. The van der Waals surface area contributed by atoms with Crippen molar-refractivity contribution in [3.63, 3.8) is 0 Å². The Bertz CT molecular complexity index is 1020. The first kappa shape index (κ1) is 27.4. The van der Waals surface area contributed by atoms with Crippen LogP contribution in [0.15, 0.2) is 91.0 Å². The van der Waals surface area contributed by atoms with Gasteiger partial charge >= 0.3 is 0 Å². The first-order chi connectivity index (χ1) is 18.2. The van der Waals surface area contributed by atoms with Crippen molar-refractivity contribution >= 4 is 0 Å². The fourth-order valence-electron chi connectivity index (χ4n) is 4.49. The number of aliphatic hydroxyl groups excluding tert-OH is 2. The van der Waals surface area contributed by atoms with E-state index in [0.717, 1.165) is 16.7 Å². The minimum Gasteiger partial charge on any atom is -0.396 e. The molecule has 6 atom stereocenters. The van der Waals surface area contributed by atoms with E-state index in [4.69, 9.17) is 23.7 Å². The standard InChI is InChI=1S/C30H36O7/c1-33-30-29(36-21-24-15-9-4-10-16-24)28(35-20-23-13-7-3-8-14-23)27(26(37-30)25(32)17-18-31)34-19-22-11-5-2-6-12-22/h2-16,25-32H,17-21H2,1H3/t25-,26+,27+,28-,29+,30-/m0/s1. The third-order valence-electron chi connectivity index (χ3n) is 6.42. The van der Waals surface area contributed by atoms with Gasteiger partial charge < -0.3 is 33.9 Å². The molecule has 4 rings (SSSR count). The fourth-order valence-corrected chi connectivity index (χ4v) is 4.49. The zero-order chi connectivity index (χ0) is 25.9. The van der Waals surface area contributed by atoms with Crippen molar-refractivity contribution in [2.24, 2.45) is 0 Å². The van der Waals surface area contributed by atoms with Crippen molar-refractivity contribution in [3.8, 4) is 0 Å². The van der Waals surface area contributed by atoms with E-state index in [1.807, 2.05) is 91.0 Å². The second-order valence-corrected chi connectivity index (χ2v) is 9.07. The van der Waals surface area contributed by atoms with Crippen LogP contribution in [0.5, 0.6) is 0 Å². The molecule has 1 saturated heterocycles. The normalized spacial score (nSPS) is 24.6. The maximum atomic E-state index is 10.9. The van der Waals surface area contributed by atoms with Gasteiger partial charge in [-0.05, 0) is 23.1 Å². The molecule has 3 aromatic rings. The van der Waals surface area contributed by atoms with Gasteiger partial charge in [0.2, 0.25) is 0 Å². The predicted molar refractivity (Wildman–Crippen MR) is 138 cm³/mol. The molecule has 1 aliphatic heterocycles. The minimum atomic E-state index is -0.985. The Kier molecular flexibility index (Phi) is 10.6. The van der Waals surface area contributed by atoms with Crippen molar-refractivity contribution < 1.29 is 33.9 Å². The van der Waals surface area contributed by atoms with E-state index in [1.54, 1.807) is 7.11 Å². The third kappa shape index (κ3) is 7.69. The summed E-state index contributed by atoms with van der Waals surface area (Å²) in [5, 5.41) is 20.5. The molecule has 1 aliphatic rings. The van der Waals surface area contributed by atoms with Gasteiger partial charge in [0.15, 0.2) is 6.29 Å². The molecule has 2 N–H and O–H groups in total. The highest BCUT2D eigenvalue weighted by Crippen LogP contribution is 2.32. The van der Waals surface area contributed by atoms with Gasteiger partial charge in [0, 0.05) is 13.7 Å². The Morgan fingerprint density at radius 1 is 0.676 bits per heavy atom. The summed E-state index contributed by atoms with van der Waals surface area (Å²) in [6, 6.07) is 29.5. The van der Waals surface area contributed by atoms with E-state index < -0.39 is 36.8 Å². The Balaban J connectivity index is 1.62. The van der Waals surface area contributed by atoms with Crippen LogP contribution in [-0.4, -0.2) is 60.7 Å². The number of hydrogen-bond acceptors (Lipinski definition) is 7. The van der Waals surface area contributed by atoms with E-state index in [-0.39, 0.29) is 13.0 Å². The molecule has 0 radical (unpaired) electrons. The molecule has 1 heterocycles. The van der Waals surface area contributed by atoms with Crippen LogP contribution in [0.25, 0.3) is 0 Å². The van der Waals surface area contributed by atoms with Gasteiger partial charge in [0.05, 0.1) is 25.9 Å². The van der Waals surface area contributed by atoms with Gasteiger partial charge in [-0.2, -0.15) is 0 Å². The number of ether oxygens (including phenoxy) is 5. The van der Waals surface area contributed by atoms with Crippen LogP contribution in [-0.2, 0) is 43.5 Å². The number of rotatable bonds is 13. The van der Waals surface area contributed by atoms with Gasteiger partial charge in [-0.25, -0.2) is 0 Å². The van der Waals surface area contributed by atoms with Crippen molar-refractivity contribution in [2.45, 2.75) is 63.1 Å². The molecule has 3 aromatic carbocycles. The quantitative estimate of drug-likeness (QED) is 0.363. The summed E-state index contributed by atoms with van der Waals surface area (Å²) in [7, 11) is 1.54. The average Bonchev–Trinajstić information content (AvgIpc) is 2.95. The van der Waals surface area contributed by atoms with Crippen LogP contribution in [0.4, 0.5) is 0 Å². The van der Waals surface area contributed by atoms with E-state index in [9.17, 15) is 10.2 Å². The first-order valence-electron chi connectivity index (χ1n) is 12.6. The molecule has 0 unspecified atom stereocenters. The second-order valence-electron chi connectivity index (χ2n) is 9.07. The molecular weight excluding hydrogens is 472 g/mol. The SMILES string of the molecule is CO[C@H]1O[C@H]([C@@H](O)CCO)[C@@H](OCc2ccccc2)[C@H](OCc2ccccc2)[C@H]1OCc1ccccc1. The Hall–Kier alpha value is -2.62. The lowest BCUT2D eigenvalue weighted by Gasteiger charge is -2.46. The monoisotopic (exact) mass is 508 g/mol. The maximum absolute atomic E-state index is 10.9. The topological polar surface area (TPSA) is 86.6 Å². The predicted octanol–water partition coefficient (Wildman–Crippen LogP) is 3.86. The highest BCUT2D eigenvalue weighted by Gasteiger charge is 2.50. The number of hydrogen-bond donors (Lipinski definition) is 2. The number of aliphatic hydroxyl groups is 2. The zero-order valence-corrected chi connectivity index (χ0v) is 21.1. The molecule has 0 bridgehead atoms. The molecule has 0 spiro atoms. The minimum absolute atomic E-state index is 0.132. The Morgan fingerprint density at radius 2 is 1.11 bits per heavy atom. The van der Waals surface area contributed by atoms with Crippen LogP contribution in [0, 0.1) is 0 Å². The van der Waals surface area contributed by atoms with E-state index >= 15 is 0 Å². The Labute approximate surface area is 218 Å². The average molecular weight is 509 g/mol. The van der Waals surface area contributed by atoms with Gasteiger partial charge in [0.1, 0.15) is 24.4 Å². The number of benzene rings is 3. The molecule has 0 saturated carbocycles. The van der Waals surface area contributed by atoms with Gasteiger partial charge in [-0.15, -0.1) is 0 Å². The molecule has 37 heavy (non-hydrogen) atoms. The lowest BCUT2D eigenvalue weighted by Crippen LogP contribution is -2.63. The summed E-state index contributed by atoms with van der Waals surface area (Å²) in [5.74, 6) is 0. The lowest BCUT2D eigenvalue weighted by molar-refractivity contribution is -0.329. The van der Waals surface area contributed by atoms with Gasteiger partial charge in [0.25, 0.3) is 0 Å². The molecule has 0 aliphatic carbocycles.